The van der Waals surface area contributed by atoms with Crippen LogP contribution in [-0.4, -0.2) is 55.5 Å². The number of carbonyl (C=O) groups excluding carboxylic acids is 1. The molecule has 2 aliphatic carbocycles. The fraction of sp³-hybridized carbons (Fsp3) is 0.941. The summed E-state index contributed by atoms with van der Waals surface area (Å²) in [6, 6.07) is 0. The Balaban J connectivity index is 1.78. The van der Waals surface area contributed by atoms with Gasteiger partial charge in [-0.3, -0.25) is 4.79 Å². The smallest absolute Gasteiger partial charge is 0.222 e. The van der Waals surface area contributed by atoms with Crippen molar-refractivity contribution in [3.8, 4) is 0 Å². The number of hydrogen-bond donors (Lipinski definition) is 1. The van der Waals surface area contributed by atoms with Crippen molar-refractivity contribution in [2.45, 2.75) is 56.9 Å². The van der Waals surface area contributed by atoms with Gasteiger partial charge in [0.25, 0.3) is 0 Å². The Hall–Kier alpha value is -0.610. The highest BCUT2D eigenvalue weighted by Gasteiger charge is 2.40. The first-order valence-electron chi connectivity index (χ1n) is 8.58. The van der Waals surface area contributed by atoms with Crippen LogP contribution in [-0.2, 0) is 4.79 Å². The maximum atomic E-state index is 12.5. The minimum absolute atomic E-state index is 0.238. The van der Waals surface area contributed by atoms with Gasteiger partial charge < -0.3 is 15.5 Å². The van der Waals surface area contributed by atoms with Gasteiger partial charge in [-0.25, -0.2) is 0 Å². The number of nitrogens with two attached hydrogens (primary N) is 1. The van der Waals surface area contributed by atoms with Gasteiger partial charge in [0, 0.05) is 25.6 Å². The molecule has 2 fully saturated rings. The molecule has 0 heterocycles. The predicted molar refractivity (Wildman–Crippen MR) is 87.0 cm³/mol. The molecule has 2 rings (SSSR count). The molecule has 0 bridgehead atoms. The Kier molecular flexibility index (Phi) is 5.67. The Labute approximate surface area is 130 Å². The summed E-state index contributed by atoms with van der Waals surface area (Å²) in [6.45, 7) is 1.70. The summed E-state index contributed by atoms with van der Waals surface area (Å²) < 4.78 is 0. The van der Waals surface area contributed by atoms with E-state index in [0.29, 0.717) is 17.7 Å². The van der Waals surface area contributed by atoms with Crippen LogP contribution in [0.4, 0.5) is 0 Å². The number of amides is 1. The van der Waals surface area contributed by atoms with Crippen LogP contribution in [0, 0.1) is 11.8 Å². The van der Waals surface area contributed by atoms with Gasteiger partial charge in [-0.15, -0.1) is 0 Å². The molecule has 4 nitrogen and oxygen atoms in total. The molecule has 0 saturated heterocycles. The zero-order valence-electron chi connectivity index (χ0n) is 14.1. The van der Waals surface area contributed by atoms with E-state index in [1.807, 2.05) is 11.9 Å². The van der Waals surface area contributed by atoms with Crippen LogP contribution >= 0.6 is 0 Å². The zero-order chi connectivity index (χ0) is 15.5. The van der Waals surface area contributed by atoms with Gasteiger partial charge in [0.1, 0.15) is 0 Å². The highest BCUT2D eigenvalue weighted by atomic mass is 16.2. The van der Waals surface area contributed by atoms with Gasteiger partial charge in [-0.1, -0.05) is 0 Å². The summed E-state index contributed by atoms with van der Waals surface area (Å²) in [5.74, 6) is 1.61. The number of nitrogens with zero attached hydrogens (tertiary/aromatic N) is 2. The average molecular weight is 295 g/mol. The maximum Gasteiger partial charge on any atom is 0.222 e. The zero-order valence-corrected chi connectivity index (χ0v) is 14.1. The Morgan fingerprint density at radius 1 is 1.10 bits per heavy atom. The third kappa shape index (κ3) is 3.98. The molecular formula is C17H33N3O. The Morgan fingerprint density at radius 3 is 2.10 bits per heavy atom. The lowest BCUT2D eigenvalue weighted by molar-refractivity contribution is -0.134. The largest absolute Gasteiger partial charge is 0.344 e. The molecule has 0 unspecified atom stereocenters. The van der Waals surface area contributed by atoms with E-state index < -0.39 is 0 Å². The topological polar surface area (TPSA) is 49.6 Å². The molecule has 21 heavy (non-hydrogen) atoms. The normalized spacial score (nSPS) is 28.2. The Morgan fingerprint density at radius 2 is 1.67 bits per heavy atom. The third-order valence-electron chi connectivity index (χ3n) is 5.95. The first kappa shape index (κ1) is 16.8. The van der Waals surface area contributed by atoms with Crippen LogP contribution in [0.25, 0.3) is 0 Å². The van der Waals surface area contributed by atoms with Gasteiger partial charge >= 0.3 is 0 Å². The summed E-state index contributed by atoms with van der Waals surface area (Å²) in [5.41, 5.74) is 5.98. The second-order valence-electron chi connectivity index (χ2n) is 7.55. The van der Waals surface area contributed by atoms with Crippen LogP contribution < -0.4 is 5.73 Å². The number of likely N-dealkylation sites (N-methyl/N-ethyl adjacent to an activating group) is 2. The van der Waals surface area contributed by atoms with E-state index in [4.69, 9.17) is 5.73 Å². The fourth-order valence-electron chi connectivity index (χ4n) is 3.94. The molecular weight excluding hydrogens is 262 g/mol. The first-order chi connectivity index (χ1) is 9.97. The second kappa shape index (κ2) is 7.10. The highest BCUT2D eigenvalue weighted by Crippen LogP contribution is 2.37. The van der Waals surface area contributed by atoms with Crippen LogP contribution in [0.1, 0.15) is 51.4 Å². The van der Waals surface area contributed by atoms with Crippen molar-refractivity contribution in [1.29, 1.82) is 0 Å². The lowest BCUT2D eigenvalue weighted by Gasteiger charge is -2.49. The monoisotopic (exact) mass is 295 g/mol. The SMILES string of the molecule is CN(CC1(N(C)C)CCC1)C(=O)CC1CCC(CN)CC1. The van der Waals surface area contributed by atoms with Gasteiger partial charge in [0.15, 0.2) is 0 Å². The molecule has 0 spiro atoms. The standard InChI is InChI=1S/C17H33N3O/c1-19(2)17(9-4-10-17)13-20(3)16(21)11-14-5-7-15(12-18)8-6-14/h14-15H,4-13,18H2,1-3H3. The maximum absolute atomic E-state index is 12.5. The van der Waals surface area contributed by atoms with E-state index in [-0.39, 0.29) is 5.54 Å². The molecule has 1 amide bonds. The number of carbonyl (C=O) groups is 1. The lowest BCUT2D eigenvalue weighted by atomic mass is 9.75. The number of hydrogen-bond acceptors (Lipinski definition) is 3. The number of rotatable bonds is 6. The van der Waals surface area contributed by atoms with Crippen molar-refractivity contribution in [2.75, 3.05) is 34.2 Å². The third-order valence-corrected chi connectivity index (χ3v) is 5.95. The van der Waals surface area contributed by atoms with Gasteiger partial charge in [-0.2, -0.15) is 0 Å². The molecule has 2 N–H and O–H groups in total. The van der Waals surface area contributed by atoms with E-state index in [1.165, 1.54) is 44.9 Å². The van der Waals surface area contributed by atoms with Crippen molar-refractivity contribution in [3.63, 3.8) is 0 Å². The van der Waals surface area contributed by atoms with Crippen LogP contribution in [0.2, 0.25) is 0 Å². The first-order valence-corrected chi connectivity index (χ1v) is 8.58. The van der Waals surface area contributed by atoms with Crippen LogP contribution in [0.3, 0.4) is 0 Å². The summed E-state index contributed by atoms with van der Waals surface area (Å²) in [6.07, 6.45) is 9.25. The molecule has 0 aromatic heterocycles. The average Bonchev–Trinajstić information content (AvgIpc) is 2.42. The molecule has 0 radical (unpaired) electrons. The van der Waals surface area contributed by atoms with E-state index in [1.54, 1.807) is 0 Å². The van der Waals surface area contributed by atoms with Gasteiger partial charge in [0.2, 0.25) is 5.91 Å². The molecule has 122 valence electrons. The molecule has 2 saturated carbocycles. The van der Waals surface area contributed by atoms with Crippen LogP contribution in [0.15, 0.2) is 0 Å². The van der Waals surface area contributed by atoms with Crippen LogP contribution in [0.5, 0.6) is 0 Å². The van der Waals surface area contributed by atoms with Crippen molar-refractivity contribution in [2.24, 2.45) is 17.6 Å². The van der Waals surface area contributed by atoms with Crippen molar-refractivity contribution in [3.05, 3.63) is 0 Å². The molecule has 4 heteroatoms. The summed E-state index contributed by atoms with van der Waals surface area (Å²) in [7, 11) is 6.27. The molecule has 0 aromatic rings. The van der Waals surface area contributed by atoms with E-state index in [0.717, 1.165) is 19.5 Å². The quantitative estimate of drug-likeness (QED) is 0.816. The molecule has 0 aromatic carbocycles. The fourth-order valence-corrected chi connectivity index (χ4v) is 3.94. The van der Waals surface area contributed by atoms with E-state index in [9.17, 15) is 4.79 Å². The minimum atomic E-state index is 0.238. The summed E-state index contributed by atoms with van der Waals surface area (Å²) in [5, 5.41) is 0. The van der Waals surface area contributed by atoms with Crippen molar-refractivity contribution >= 4 is 5.91 Å². The second-order valence-corrected chi connectivity index (χ2v) is 7.55. The van der Waals surface area contributed by atoms with E-state index in [2.05, 4.69) is 19.0 Å². The Bertz CT molecular complexity index is 344. The minimum Gasteiger partial charge on any atom is -0.344 e. The summed E-state index contributed by atoms with van der Waals surface area (Å²) in [4.78, 5) is 16.8. The van der Waals surface area contributed by atoms with Gasteiger partial charge in [-0.05, 0) is 77.4 Å². The molecule has 2 aliphatic rings. The lowest BCUT2D eigenvalue weighted by Crippen LogP contribution is -2.57. The van der Waals surface area contributed by atoms with E-state index >= 15 is 0 Å². The summed E-state index contributed by atoms with van der Waals surface area (Å²) >= 11 is 0. The van der Waals surface area contributed by atoms with Gasteiger partial charge in [0.05, 0.1) is 0 Å². The molecule has 0 aliphatic heterocycles. The highest BCUT2D eigenvalue weighted by molar-refractivity contribution is 5.76. The van der Waals surface area contributed by atoms with Crippen molar-refractivity contribution in [1.82, 2.24) is 9.80 Å². The van der Waals surface area contributed by atoms with Crippen molar-refractivity contribution < 1.29 is 4.79 Å². The molecule has 0 atom stereocenters. The predicted octanol–water partition coefficient (Wildman–Crippen LogP) is 2.08.